The van der Waals surface area contributed by atoms with Gasteiger partial charge in [0, 0.05) is 6.04 Å². The van der Waals surface area contributed by atoms with Gasteiger partial charge in [0.25, 0.3) is 0 Å². The van der Waals surface area contributed by atoms with Crippen molar-refractivity contribution >= 4 is 15.9 Å². The van der Waals surface area contributed by atoms with Crippen LogP contribution in [0.25, 0.3) is 0 Å². The highest BCUT2D eigenvalue weighted by Gasteiger charge is 2.11. The molecule has 0 spiro atoms. The fourth-order valence-corrected chi connectivity index (χ4v) is 2.14. The smallest absolute Gasteiger partial charge is 0.166 e. The number of rotatable bonds is 4. The van der Waals surface area contributed by atoms with Crippen LogP contribution in [0.15, 0.2) is 40.9 Å². The molecule has 2 nitrogen and oxygen atoms in total. The molecule has 0 aliphatic heterocycles. The predicted molar refractivity (Wildman–Crippen MR) is 78.0 cm³/mol. The van der Waals surface area contributed by atoms with Crippen molar-refractivity contribution in [1.29, 1.82) is 0 Å². The molecule has 0 fully saturated rings. The Labute approximate surface area is 124 Å². The summed E-state index contributed by atoms with van der Waals surface area (Å²) < 4.78 is 32.9. The second-order valence-electron chi connectivity index (χ2n) is 4.38. The SMILES string of the molecule is CNC(C)c1ccc(Oc2ccc(F)cc2Br)c(F)c1. The summed E-state index contributed by atoms with van der Waals surface area (Å²) in [6.45, 7) is 1.94. The van der Waals surface area contributed by atoms with Gasteiger partial charge >= 0.3 is 0 Å². The standard InChI is InChI=1S/C15H14BrF2NO/c1-9(19-2)10-3-5-15(13(18)7-10)20-14-6-4-11(17)8-12(14)16/h3-9,19H,1-2H3. The van der Waals surface area contributed by atoms with Crippen LogP contribution >= 0.6 is 15.9 Å². The topological polar surface area (TPSA) is 21.3 Å². The van der Waals surface area contributed by atoms with Crippen LogP contribution in [-0.4, -0.2) is 7.05 Å². The fraction of sp³-hybridized carbons (Fsp3) is 0.200. The highest BCUT2D eigenvalue weighted by molar-refractivity contribution is 9.10. The monoisotopic (exact) mass is 341 g/mol. The minimum Gasteiger partial charge on any atom is -0.453 e. The van der Waals surface area contributed by atoms with E-state index in [1.165, 1.54) is 24.3 Å². The maximum atomic E-state index is 14.0. The average Bonchev–Trinajstić information content (AvgIpc) is 2.42. The summed E-state index contributed by atoms with van der Waals surface area (Å²) in [5, 5.41) is 3.04. The van der Waals surface area contributed by atoms with Gasteiger partial charge in [-0.15, -0.1) is 0 Å². The van der Waals surface area contributed by atoms with E-state index >= 15 is 0 Å². The van der Waals surface area contributed by atoms with Crippen molar-refractivity contribution in [2.45, 2.75) is 13.0 Å². The summed E-state index contributed by atoms with van der Waals surface area (Å²) in [4.78, 5) is 0. The minimum absolute atomic E-state index is 0.0520. The normalized spacial score (nSPS) is 12.2. The third-order valence-corrected chi connectivity index (χ3v) is 3.62. The van der Waals surface area contributed by atoms with E-state index in [0.717, 1.165) is 5.56 Å². The Balaban J connectivity index is 2.25. The second kappa shape index (κ2) is 6.33. The van der Waals surface area contributed by atoms with Gasteiger partial charge in [0.2, 0.25) is 0 Å². The summed E-state index contributed by atoms with van der Waals surface area (Å²) in [6.07, 6.45) is 0. The molecule has 0 aliphatic carbocycles. The molecule has 1 unspecified atom stereocenters. The highest BCUT2D eigenvalue weighted by Crippen LogP contribution is 2.32. The number of hydrogen-bond acceptors (Lipinski definition) is 2. The maximum Gasteiger partial charge on any atom is 0.166 e. The van der Waals surface area contributed by atoms with E-state index in [2.05, 4.69) is 21.2 Å². The van der Waals surface area contributed by atoms with Crippen molar-refractivity contribution in [3.8, 4) is 11.5 Å². The molecule has 20 heavy (non-hydrogen) atoms. The maximum absolute atomic E-state index is 14.0. The van der Waals surface area contributed by atoms with Crippen LogP contribution in [0.1, 0.15) is 18.5 Å². The Morgan fingerprint density at radius 2 is 1.80 bits per heavy atom. The molecule has 2 rings (SSSR count). The van der Waals surface area contributed by atoms with Crippen LogP contribution < -0.4 is 10.1 Å². The van der Waals surface area contributed by atoms with Gasteiger partial charge in [-0.25, -0.2) is 8.78 Å². The van der Waals surface area contributed by atoms with E-state index in [1.54, 1.807) is 12.1 Å². The van der Waals surface area contributed by atoms with Gasteiger partial charge in [-0.05, 0) is 65.8 Å². The van der Waals surface area contributed by atoms with E-state index in [9.17, 15) is 8.78 Å². The predicted octanol–water partition coefficient (Wildman–Crippen LogP) is 4.80. The highest BCUT2D eigenvalue weighted by atomic mass is 79.9. The molecule has 1 atom stereocenters. The molecule has 1 N–H and O–H groups in total. The molecule has 0 radical (unpaired) electrons. The average molecular weight is 342 g/mol. The lowest BCUT2D eigenvalue weighted by molar-refractivity contribution is 0.437. The summed E-state index contributed by atoms with van der Waals surface area (Å²) >= 11 is 3.18. The van der Waals surface area contributed by atoms with Crippen LogP contribution in [0, 0.1) is 11.6 Å². The molecule has 0 bridgehead atoms. The molecular weight excluding hydrogens is 328 g/mol. The Morgan fingerprint density at radius 1 is 1.10 bits per heavy atom. The molecule has 0 aliphatic rings. The molecule has 0 aromatic heterocycles. The second-order valence-corrected chi connectivity index (χ2v) is 5.23. The first-order valence-corrected chi connectivity index (χ1v) is 6.90. The van der Waals surface area contributed by atoms with Gasteiger partial charge < -0.3 is 10.1 Å². The van der Waals surface area contributed by atoms with Crippen molar-refractivity contribution in [2.75, 3.05) is 7.05 Å². The van der Waals surface area contributed by atoms with Gasteiger partial charge in [0.15, 0.2) is 11.6 Å². The first kappa shape index (κ1) is 14.9. The van der Waals surface area contributed by atoms with Crippen molar-refractivity contribution in [2.24, 2.45) is 0 Å². The first-order valence-electron chi connectivity index (χ1n) is 6.11. The molecule has 2 aromatic rings. The van der Waals surface area contributed by atoms with Crippen LogP contribution in [0.3, 0.4) is 0 Å². The van der Waals surface area contributed by atoms with Gasteiger partial charge in [-0.1, -0.05) is 6.07 Å². The largest absolute Gasteiger partial charge is 0.453 e. The Kier molecular flexibility index (Phi) is 4.73. The van der Waals surface area contributed by atoms with Gasteiger partial charge in [-0.2, -0.15) is 0 Å². The lowest BCUT2D eigenvalue weighted by Crippen LogP contribution is -2.12. The van der Waals surface area contributed by atoms with Crippen molar-refractivity contribution in [3.63, 3.8) is 0 Å². The Hall–Kier alpha value is -1.46. The van der Waals surface area contributed by atoms with Crippen molar-refractivity contribution in [3.05, 3.63) is 58.1 Å². The summed E-state index contributed by atoms with van der Waals surface area (Å²) in [6, 6.07) is 8.80. The van der Waals surface area contributed by atoms with Gasteiger partial charge in [0.05, 0.1) is 4.47 Å². The number of halogens is 3. The van der Waals surface area contributed by atoms with E-state index < -0.39 is 5.82 Å². The van der Waals surface area contributed by atoms with Crippen LogP contribution in [-0.2, 0) is 0 Å². The van der Waals surface area contributed by atoms with Gasteiger partial charge in [0.1, 0.15) is 11.6 Å². The van der Waals surface area contributed by atoms with Crippen LogP contribution in [0.5, 0.6) is 11.5 Å². The van der Waals surface area contributed by atoms with Crippen LogP contribution in [0.2, 0.25) is 0 Å². The van der Waals surface area contributed by atoms with E-state index in [-0.39, 0.29) is 17.6 Å². The van der Waals surface area contributed by atoms with Crippen molar-refractivity contribution in [1.82, 2.24) is 5.32 Å². The quantitative estimate of drug-likeness (QED) is 0.862. The van der Waals surface area contributed by atoms with E-state index in [0.29, 0.717) is 10.2 Å². The van der Waals surface area contributed by atoms with Crippen molar-refractivity contribution < 1.29 is 13.5 Å². The molecule has 5 heteroatoms. The number of nitrogens with one attached hydrogen (secondary N) is 1. The fourth-order valence-electron chi connectivity index (χ4n) is 1.71. The summed E-state index contributed by atoms with van der Waals surface area (Å²) in [7, 11) is 1.81. The third-order valence-electron chi connectivity index (χ3n) is 3.00. The zero-order valence-corrected chi connectivity index (χ0v) is 12.7. The minimum atomic E-state index is -0.458. The molecule has 0 saturated heterocycles. The molecule has 0 heterocycles. The molecular formula is C15H14BrF2NO. The summed E-state index contributed by atoms with van der Waals surface area (Å²) in [5.74, 6) is -0.382. The Bertz CT molecular complexity index is 619. The molecule has 2 aromatic carbocycles. The van der Waals surface area contributed by atoms with Gasteiger partial charge in [-0.3, -0.25) is 0 Å². The van der Waals surface area contributed by atoms with Crippen LogP contribution in [0.4, 0.5) is 8.78 Å². The Morgan fingerprint density at radius 3 is 2.40 bits per heavy atom. The first-order chi connectivity index (χ1) is 9.51. The van der Waals surface area contributed by atoms with E-state index in [4.69, 9.17) is 4.74 Å². The number of hydrogen-bond donors (Lipinski definition) is 1. The molecule has 0 saturated carbocycles. The number of ether oxygens (including phenoxy) is 1. The summed E-state index contributed by atoms with van der Waals surface area (Å²) in [5.41, 5.74) is 0.829. The molecule has 0 amide bonds. The molecule has 106 valence electrons. The lowest BCUT2D eigenvalue weighted by atomic mass is 10.1. The van der Waals surface area contributed by atoms with E-state index in [1.807, 2.05) is 14.0 Å². The third kappa shape index (κ3) is 3.35. The number of benzene rings is 2. The lowest BCUT2D eigenvalue weighted by Gasteiger charge is -2.13. The zero-order valence-electron chi connectivity index (χ0n) is 11.1. The zero-order chi connectivity index (χ0) is 14.7.